The van der Waals surface area contributed by atoms with Crippen molar-refractivity contribution in [2.75, 3.05) is 6.54 Å². The highest BCUT2D eigenvalue weighted by Crippen LogP contribution is 2.17. The van der Waals surface area contributed by atoms with Crippen molar-refractivity contribution in [1.29, 1.82) is 0 Å². The second kappa shape index (κ2) is 6.72. The average Bonchev–Trinajstić information content (AvgIpc) is 3.36. The standard InChI is InChI=1S/C19H15N3O4/c23-15-11-18(26-16-6-2-1-5-13(15)16)19(24)20-12-14(17-7-3-10-25-17)22-9-4-8-21-22/h1-11,14H,12H2,(H,20,24). The van der Waals surface area contributed by atoms with Crippen LogP contribution in [0.3, 0.4) is 0 Å². The average molecular weight is 349 g/mol. The molecule has 3 heterocycles. The molecule has 1 unspecified atom stereocenters. The van der Waals surface area contributed by atoms with Gasteiger partial charge >= 0.3 is 0 Å². The van der Waals surface area contributed by atoms with Gasteiger partial charge in [-0.25, -0.2) is 0 Å². The number of hydrogen-bond acceptors (Lipinski definition) is 5. The van der Waals surface area contributed by atoms with E-state index in [4.69, 9.17) is 8.83 Å². The maximum Gasteiger partial charge on any atom is 0.287 e. The summed E-state index contributed by atoms with van der Waals surface area (Å²) in [6.45, 7) is 0.227. The molecule has 0 aliphatic heterocycles. The van der Waals surface area contributed by atoms with E-state index in [9.17, 15) is 9.59 Å². The topological polar surface area (TPSA) is 90.3 Å². The lowest BCUT2D eigenvalue weighted by Gasteiger charge is -2.16. The second-order valence-corrected chi connectivity index (χ2v) is 5.70. The number of para-hydroxylation sites is 1. The van der Waals surface area contributed by atoms with Gasteiger partial charge in [-0.1, -0.05) is 12.1 Å². The van der Waals surface area contributed by atoms with Crippen LogP contribution in [0.2, 0.25) is 0 Å². The van der Waals surface area contributed by atoms with Crippen LogP contribution in [0, 0.1) is 0 Å². The number of benzene rings is 1. The summed E-state index contributed by atoms with van der Waals surface area (Å²) in [5, 5.41) is 7.42. The van der Waals surface area contributed by atoms with Gasteiger partial charge in [-0.15, -0.1) is 0 Å². The van der Waals surface area contributed by atoms with Gasteiger partial charge in [-0.3, -0.25) is 14.3 Å². The van der Waals surface area contributed by atoms with E-state index in [0.717, 1.165) is 0 Å². The summed E-state index contributed by atoms with van der Waals surface area (Å²) in [5.74, 6) is 0.151. The molecule has 0 fully saturated rings. The molecule has 4 rings (SSSR count). The molecule has 0 radical (unpaired) electrons. The molecule has 0 spiro atoms. The van der Waals surface area contributed by atoms with Gasteiger partial charge in [0.2, 0.25) is 0 Å². The Morgan fingerprint density at radius 1 is 1.19 bits per heavy atom. The molecule has 1 amide bonds. The molecule has 0 aliphatic rings. The first kappa shape index (κ1) is 15.9. The molecular weight excluding hydrogens is 334 g/mol. The lowest BCUT2D eigenvalue weighted by Crippen LogP contribution is -2.31. The van der Waals surface area contributed by atoms with Crippen molar-refractivity contribution in [3.63, 3.8) is 0 Å². The Hall–Kier alpha value is -3.61. The number of carbonyl (C=O) groups is 1. The number of fused-ring (bicyclic) bond motifs is 1. The monoisotopic (exact) mass is 349 g/mol. The molecule has 7 nitrogen and oxygen atoms in total. The summed E-state index contributed by atoms with van der Waals surface area (Å²) in [5.41, 5.74) is 0.117. The minimum Gasteiger partial charge on any atom is -0.467 e. The fraction of sp³-hybridized carbons (Fsp3) is 0.105. The van der Waals surface area contributed by atoms with Crippen LogP contribution >= 0.6 is 0 Å². The molecule has 26 heavy (non-hydrogen) atoms. The molecule has 7 heteroatoms. The van der Waals surface area contributed by atoms with Gasteiger partial charge in [0.25, 0.3) is 5.91 Å². The van der Waals surface area contributed by atoms with Gasteiger partial charge < -0.3 is 14.2 Å². The highest BCUT2D eigenvalue weighted by molar-refractivity contribution is 5.93. The number of carbonyl (C=O) groups excluding carboxylic acids is 1. The fourth-order valence-corrected chi connectivity index (χ4v) is 2.76. The zero-order valence-corrected chi connectivity index (χ0v) is 13.7. The summed E-state index contributed by atoms with van der Waals surface area (Å²) in [6, 6.07) is 13.1. The highest BCUT2D eigenvalue weighted by Gasteiger charge is 2.19. The van der Waals surface area contributed by atoms with Gasteiger partial charge in [-0.05, 0) is 30.3 Å². The minimum absolute atomic E-state index is 0.0349. The van der Waals surface area contributed by atoms with Gasteiger partial charge in [0, 0.05) is 25.0 Å². The van der Waals surface area contributed by atoms with Crippen LogP contribution in [-0.2, 0) is 0 Å². The zero-order valence-electron chi connectivity index (χ0n) is 13.7. The minimum atomic E-state index is -0.475. The molecule has 0 aliphatic carbocycles. The molecule has 1 N–H and O–H groups in total. The van der Waals surface area contributed by atoms with E-state index in [1.165, 1.54) is 6.07 Å². The first-order valence-corrected chi connectivity index (χ1v) is 8.06. The Morgan fingerprint density at radius 3 is 2.85 bits per heavy atom. The highest BCUT2D eigenvalue weighted by atomic mass is 16.3. The van der Waals surface area contributed by atoms with Gasteiger partial charge in [0.05, 0.1) is 11.6 Å². The summed E-state index contributed by atoms with van der Waals surface area (Å²) < 4.78 is 12.7. The number of nitrogens with zero attached hydrogens (tertiary/aromatic N) is 2. The zero-order chi connectivity index (χ0) is 17.9. The van der Waals surface area contributed by atoms with Crippen LogP contribution in [0.5, 0.6) is 0 Å². The number of hydrogen-bond donors (Lipinski definition) is 1. The van der Waals surface area contributed by atoms with E-state index in [1.807, 2.05) is 6.07 Å². The Labute approximate surface area is 147 Å². The third-order valence-corrected chi connectivity index (χ3v) is 4.03. The smallest absolute Gasteiger partial charge is 0.287 e. The molecular formula is C19H15N3O4. The van der Waals surface area contributed by atoms with Crippen molar-refractivity contribution < 1.29 is 13.6 Å². The van der Waals surface area contributed by atoms with Gasteiger partial charge in [0.1, 0.15) is 17.4 Å². The molecule has 1 atom stereocenters. The predicted octanol–water partition coefficient (Wildman–Crippen LogP) is 2.60. The molecule has 3 aromatic heterocycles. The second-order valence-electron chi connectivity index (χ2n) is 5.70. The molecule has 0 saturated carbocycles. The first-order valence-electron chi connectivity index (χ1n) is 8.06. The van der Waals surface area contributed by atoms with Crippen LogP contribution in [0.4, 0.5) is 0 Å². The van der Waals surface area contributed by atoms with Crippen LogP contribution < -0.4 is 10.7 Å². The molecule has 0 bridgehead atoms. The number of furan rings is 1. The lowest BCUT2D eigenvalue weighted by molar-refractivity contribution is 0.0921. The number of nitrogens with one attached hydrogen (secondary N) is 1. The number of aromatic nitrogens is 2. The predicted molar refractivity (Wildman–Crippen MR) is 93.9 cm³/mol. The Bertz CT molecular complexity index is 1050. The maximum absolute atomic E-state index is 12.5. The summed E-state index contributed by atoms with van der Waals surface area (Å²) in [6.07, 6.45) is 5.01. The van der Waals surface area contributed by atoms with Crippen molar-refractivity contribution >= 4 is 16.9 Å². The van der Waals surface area contributed by atoms with Crippen LogP contribution in [0.1, 0.15) is 22.4 Å². The van der Waals surface area contributed by atoms with Crippen LogP contribution in [0.15, 0.2) is 80.8 Å². The molecule has 130 valence electrons. The van der Waals surface area contributed by atoms with Crippen molar-refractivity contribution in [2.45, 2.75) is 6.04 Å². The van der Waals surface area contributed by atoms with E-state index in [0.29, 0.717) is 16.7 Å². The van der Waals surface area contributed by atoms with Gasteiger partial charge in [-0.2, -0.15) is 5.10 Å². The summed E-state index contributed by atoms with van der Waals surface area (Å²) >= 11 is 0. The van der Waals surface area contributed by atoms with Crippen LogP contribution in [0.25, 0.3) is 11.0 Å². The van der Waals surface area contributed by atoms with Crippen molar-refractivity contribution in [3.05, 3.63) is 88.9 Å². The quantitative estimate of drug-likeness (QED) is 0.598. The van der Waals surface area contributed by atoms with Crippen LogP contribution in [-0.4, -0.2) is 22.2 Å². The first-order chi connectivity index (χ1) is 12.7. The third-order valence-electron chi connectivity index (χ3n) is 4.03. The Morgan fingerprint density at radius 2 is 2.08 bits per heavy atom. The fourth-order valence-electron chi connectivity index (χ4n) is 2.76. The van der Waals surface area contributed by atoms with E-state index < -0.39 is 5.91 Å². The van der Waals surface area contributed by atoms with E-state index in [2.05, 4.69) is 10.4 Å². The normalized spacial score (nSPS) is 12.2. The molecule has 1 aromatic carbocycles. The summed E-state index contributed by atoms with van der Waals surface area (Å²) in [4.78, 5) is 24.6. The third kappa shape index (κ3) is 3.02. The van der Waals surface area contributed by atoms with E-state index >= 15 is 0 Å². The maximum atomic E-state index is 12.5. The van der Waals surface area contributed by atoms with Crippen molar-refractivity contribution in [2.24, 2.45) is 0 Å². The van der Waals surface area contributed by atoms with Crippen molar-refractivity contribution in [1.82, 2.24) is 15.1 Å². The van der Waals surface area contributed by atoms with E-state index in [-0.39, 0.29) is 23.8 Å². The van der Waals surface area contributed by atoms with E-state index in [1.54, 1.807) is 59.7 Å². The number of amides is 1. The number of rotatable bonds is 5. The molecule has 4 aromatic rings. The Balaban J connectivity index is 1.57. The lowest BCUT2D eigenvalue weighted by atomic mass is 10.2. The Kier molecular flexibility index (Phi) is 4.10. The van der Waals surface area contributed by atoms with Gasteiger partial charge in [0.15, 0.2) is 11.2 Å². The molecule has 0 saturated heterocycles. The SMILES string of the molecule is O=C(NCC(c1ccco1)n1cccn1)c1cc(=O)c2ccccc2o1. The largest absolute Gasteiger partial charge is 0.467 e. The van der Waals surface area contributed by atoms with Crippen molar-refractivity contribution in [3.8, 4) is 0 Å². The summed E-state index contributed by atoms with van der Waals surface area (Å²) in [7, 11) is 0.